The van der Waals surface area contributed by atoms with Crippen molar-refractivity contribution in [3.63, 3.8) is 0 Å². The topological polar surface area (TPSA) is 98.0 Å². The molecule has 0 saturated carbocycles. The zero-order valence-electron chi connectivity index (χ0n) is 19.7. The Kier molecular flexibility index (Phi) is 8.09. The van der Waals surface area contributed by atoms with E-state index in [1.807, 2.05) is 10.6 Å². The molecule has 2 heterocycles. The van der Waals surface area contributed by atoms with Crippen molar-refractivity contribution in [2.45, 2.75) is 31.2 Å². The monoisotopic (exact) mass is 547 g/mol. The van der Waals surface area contributed by atoms with E-state index in [-0.39, 0.29) is 36.4 Å². The van der Waals surface area contributed by atoms with Gasteiger partial charge in [-0.15, -0.1) is 6.58 Å². The molecule has 0 spiro atoms. The van der Waals surface area contributed by atoms with Gasteiger partial charge < -0.3 is 9.30 Å². The van der Waals surface area contributed by atoms with Crippen molar-refractivity contribution in [1.29, 1.82) is 0 Å². The molecule has 36 heavy (non-hydrogen) atoms. The van der Waals surface area contributed by atoms with Crippen LogP contribution >= 0.6 is 22.9 Å². The van der Waals surface area contributed by atoms with Crippen molar-refractivity contribution >= 4 is 55.1 Å². The molecule has 190 valence electrons. The van der Waals surface area contributed by atoms with Crippen LogP contribution < -0.4 is 4.80 Å². The maximum absolute atomic E-state index is 13.1. The van der Waals surface area contributed by atoms with Gasteiger partial charge in [-0.3, -0.25) is 4.79 Å². The molecule has 0 unspecified atom stereocenters. The van der Waals surface area contributed by atoms with Crippen LogP contribution in [0.4, 0.5) is 0 Å². The van der Waals surface area contributed by atoms with Crippen LogP contribution in [0, 0.1) is 5.92 Å². The fourth-order valence-corrected chi connectivity index (χ4v) is 6.77. The summed E-state index contributed by atoms with van der Waals surface area (Å²) in [6.45, 7) is 6.75. The number of piperidine rings is 1. The van der Waals surface area contributed by atoms with Crippen LogP contribution in [0.5, 0.6) is 0 Å². The second kappa shape index (κ2) is 11.1. The summed E-state index contributed by atoms with van der Waals surface area (Å²) < 4.78 is 35.0. The highest BCUT2D eigenvalue weighted by atomic mass is 35.5. The minimum Gasteiger partial charge on any atom is -0.462 e. The predicted octanol–water partition coefficient (Wildman–Crippen LogP) is 4.25. The number of fused-ring (bicyclic) bond motifs is 1. The van der Waals surface area contributed by atoms with Crippen molar-refractivity contribution in [2.75, 3.05) is 19.7 Å². The summed E-state index contributed by atoms with van der Waals surface area (Å²) >= 11 is 7.19. The average molecular weight is 548 g/mol. The number of hydrogen-bond donors (Lipinski definition) is 0. The summed E-state index contributed by atoms with van der Waals surface area (Å²) in [5.41, 5.74) is 1.27. The number of carbonyl (C=O) groups is 2. The standard InChI is InChI=1S/C25H26ClN3O5S2/c1-3-13-29-21-10-5-18(24(31)34-4-2)16-22(21)35-25(29)27-23(30)17-11-14-28(15-12-17)36(32,33)20-8-6-19(26)7-9-20/h3,5-10,16-17H,1,4,11-15H2,2H3. The number of rotatable bonds is 7. The summed E-state index contributed by atoms with van der Waals surface area (Å²) in [6.07, 6.45) is 2.48. The Labute approximate surface area is 218 Å². The van der Waals surface area contributed by atoms with Gasteiger partial charge in [0, 0.05) is 30.6 Å². The van der Waals surface area contributed by atoms with Gasteiger partial charge in [-0.05, 0) is 62.2 Å². The molecule has 2 aromatic carbocycles. The zero-order chi connectivity index (χ0) is 25.9. The number of thiazole rings is 1. The quantitative estimate of drug-likeness (QED) is 0.325. The van der Waals surface area contributed by atoms with E-state index < -0.39 is 16.0 Å². The van der Waals surface area contributed by atoms with Crippen LogP contribution in [0.2, 0.25) is 5.02 Å². The zero-order valence-corrected chi connectivity index (χ0v) is 22.1. The molecule has 1 amide bonds. The number of benzene rings is 2. The van der Waals surface area contributed by atoms with Gasteiger partial charge in [0.05, 0.1) is 27.3 Å². The molecule has 8 nitrogen and oxygen atoms in total. The van der Waals surface area contributed by atoms with Gasteiger partial charge in [0.1, 0.15) is 0 Å². The Balaban J connectivity index is 1.54. The third-order valence-corrected chi connectivity index (χ3v) is 9.17. The number of allylic oxidation sites excluding steroid dienone is 1. The molecule has 3 aromatic rings. The van der Waals surface area contributed by atoms with Gasteiger partial charge in [-0.25, -0.2) is 13.2 Å². The lowest BCUT2D eigenvalue weighted by atomic mass is 9.98. The third kappa shape index (κ3) is 5.46. The van der Waals surface area contributed by atoms with Crippen LogP contribution in [0.3, 0.4) is 0 Å². The fourth-order valence-electron chi connectivity index (χ4n) is 4.09. The van der Waals surface area contributed by atoms with Crippen LogP contribution in [-0.4, -0.2) is 48.9 Å². The summed E-state index contributed by atoms with van der Waals surface area (Å²) in [7, 11) is -3.65. The number of carbonyl (C=O) groups excluding carboxylic acids is 2. The van der Waals surface area contributed by atoms with Crippen molar-refractivity contribution in [1.82, 2.24) is 8.87 Å². The van der Waals surface area contributed by atoms with Gasteiger partial charge >= 0.3 is 5.97 Å². The van der Waals surface area contributed by atoms with Crippen molar-refractivity contribution in [3.8, 4) is 0 Å². The summed E-state index contributed by atoms with van der Waals surface area (Å²) in [4.78, 5) is 30.3. The Bertz CT molecular complexity index is 1470. The normalized spacial score (nSPS) is 15.8. The highest BCUT2D eigenvalue weighted by Gasteiger charge is 2.32. The highest BCUT2D eigenvalue weighted by molar-refractivity contribution is 7.89. The maximum Gasteiger partial charge on any atom is 0.338 e. The Morgan fingerprint density at radius 2 is 1.89 bits per heavy atom. The second-order valence-corrected chi connectivity index (χ2v) is 11.7. The maximum atomic E-state index is 13.1. The average Bonchev–Trinajstić information content (AvgIpc) is 3.20. The van der Waals surface area contributed by atoms with E-state index in [1.165, 1.54) is 27.8 Å². The molecule has 4 rings (SSSR count). The molecule has 1 fully saturated rings. The van der Waals surface area contributed by atoms with E-state index in [1.54, 1.807) is 37.3 Å². The van der Waals surface area contributed by atoms with Gasteiger partial charge in [-0.1, -0.05) is 29.0 Å². The number of halogens is 1. The first-order valence-corrected chi connectivity index (χ1v) is 14.1. The van der Waals surface area contributed by atoms with E-state index >= 15 is 0 Å². The Hall–Kier alpha value is -2.79. The minimum atomic E-state index is -3.65. The molecule has 11 heteroatoms. The molecule has 0 radical (unpaired) electrons. The number of amides is 1. The van der Waals surface area contributed by atoms with E-state index in [2.05, 4.69) is 11.6 Å². The van der Waals surface area contributed by atoms with Gasteiger partial charge in [0.15, 0.2) is 4.80 Å². The molecule has 1 aromatic heterocycles. The van der Waals surface area contributed by atoms with E-state index in [0.717, 1.165) is 10.2 Å². The lowest BCUT2D eigenvalue weighted by Gasteiger charge is -2.29. The van der Waals surface area contributed by atoms with E-state index in [9.17, 15) is 18.0 Å². The van der Waals surface area contributed by atoms with E-state index in [0.29, 0.717) is 34.8 Å². The van der Waals surface area contributed by atoms with Gasteiger partial charge in [0.25, 0.3) is 5.91 Å². The first-order chi connectivity index (χ1) is 17.2. The van der Waals surface area contributed by atoms with Gasteiger partial charge in [0.2, 0.25) is 10.0 Å². The second-order valence-electron chi connectivity index (χ2n) is 8.27. The molecule has 0 bridgehead atoms. The predicted molar refractivity (Wildman–Crippen MR) is 139 cm³/mol. The molecule has 1 aliphatic heterocycles. The Morgan fingerprint density at radius 3 is 2.53 bits per heavy atom. The SMILES string of the molecule is C=CCn1c(=NC(=O)C2CCN(S(=O)(=O)c3ccc(Cl)cc3)CC2)sc2cc(C(=O)OCC)ccc21. The van der Waals surface area contributed by atoms with Gasteiger partial charge in [-0.2, -0.15) is 9.30 Å². The van der Waals surface area contributed by atoms with Crippen LogP contribution in [0.15, 0.2) is 65.0 Å². The first kappa shape index (κ1) is 26.3. The smallest absolute Gasteiger partial charge is 0.338 e. The highest BCUT2D eigenvalue weighted by Crippen LogP contribution is 2.26. The minimum absolute atomic E-state index is 0.180. The Morgan fingerprint density at radius 1 is 1.19 bits per heavy atom. The number of ether oxygens (including phenoxy) is 1. The lowest BCUT2D eigenvalue weighted by Crippen LogP contribution is -2.40. The van der Waals surface area contributed by atoms with E-state index in [4.69, 9.17) is 16.3 Å². The number of nitrogens with zero attached hydrogens (tertiary/aromatic N) is 3. The summed E-state index contributed by atoms with van der Waals surface area (Å²) in [5.74, 6) is -1.06. The molecule has 1 aliphatic rings. The fraction of sp³-hybridized carbons (Fsp3) is 0.320. The molecule has 1 saturated heterocycles. The third-order valence-electron chi connectivity index (χ3n) is 5.97. The number of esters is 1. The van der Waals surface area contributed by atoms with Crippen LogP contribution in [0.25, 0.3) is 10.2 Å². The first-order valence-electron chi connectivity index (χ1n) is 11.5. The molecule has 0 aliphatic carbocycles. The van der Waals surface area contributed by atoms with Crippen LogP contribution in [0.1, 0.15) is 30.1 Å². The van der Waals surface area contributed by atoms with Crippen molar-refractivity contribution in [3.05, 3.63) is 70.5 Å². The molecule has 0 N–H and O–H groups in total. The lowest BCUT2D eigenvalue weighted by molar-refractivity contribution is -0.122. The number of sulfonamides is 1. The van der Waals surface area contributed by atoms with Crippen molar-refractivity contribution in [2.24, 2.45) is 10.9 Å². The van der Waals surface area contributed by atoms with Crippen LogP contribution in [-0.2, 0) is 26.1 Å². The summed E-state index contributed by atoms with van der Waals surface area (Å²) in [6, 6.07) is 11.3. The number of hydrogen-bond acceptors (Lipinski definition) is 6. The largest absolute Gasteiger partial charge is 0.462 e. The molecular formula is C25H26ClN3O5S2. The van der Waals surface area contributed by atoms with Crippen molar-refractivity contribution < 1.29 is 22.7 Å². The molecule has 0 atom stereocenters. The number of aromatic nitrogens is 1. The molecular weight excluding hydrogens is 522 g/mol. The summed E-state index contributed by atoms with van der Waals surface area (Å²) in [5, 5.41) is 0.465.